The van der Waals surface area contributed by atoms with Crippen LogP contribution in [0.1, 0.15) is 38.3 Å². The molecule has 1 aliphatic carbocycles. The van der Waals surface area contributed by atoms with Crippen molar-refractivity contribution in [2.75, 3.05) is 5.32 Å². The maximum Gasteiger partial charge on any atom is 0.238 e. The molecule has 1 aromatic heterocycles. The number of amides is 1. The number of nitrogens with two attached hydrogens (primary N) is 1. The number of aryl methyl sites for hydroxylation is 2. The molecule has 1 aromatic rings. The standard InChI is InChI=1S/C13H21N5O2/c1-3-9-10(8-18(2)16-9)15-12(19)13(11(14)17-20)6-4-5-7-13/h8,20H,3-7H2,1-2H3,(H2,14,17)(H,15,19). The Morgan fingerprint density at radius 2 is 2.25 bits per heavy atom. The van der Waals surface area contributed by atoms with Crippen LogP contribution in [0.4, 0.5) is 5.69 Å². The predicted octanol–water partition coefficient (Wildman–Crippen LogP) is 1.23. The molecular weight excluding hydrogens is 258 g/mol. The number of hydrogen-bond donors (Lipinski definition) is 3. The third kappa shape index (κ3) is 2.35. The molecule has 1 amide bonds. The van der Waals surface area contributed by atoms with Crippen molar-refractivity contribution in [3.63, 3.8) is 0 Å². The summed E-state index contributed by atoms with van der Waals surface area (Å²) >= 11 is 0. The van der Waals surface area contributed by atoms with Gasteiger partial charge in [-0.1, -0.05) is 24.9 Å². The minimum absolute atomic E-state index is 0.00515. The van der Waals surface area contributed by atoms with Gasteiger partial charge in [0.1, 0.15) is 5.41 Å². The Hall–Kier alpha value is -2.05. The van der Waals surface area contributed by atoms with Gasteiger partial charge in [0.15, 0.2) is 5.84 Å². The molecule has 0 unspecified atom stereocenters. The van der Waals surface area contributed by atoms with E-state index in [9.17, 15) is 4.79 Å². The molecule has 20 heavy (non-hydrogen) atoms. The SMILES string of the molecule is CCc1nn(C)cc1NC(=O)C1(/C(N)=N/O)CCCC1. The molecular formula is C13H21N5O2. The van der Waals surface area contributed by atoms with Crippen LogP contribution in [0.25, 0.3) is 0 Å². The number of aromatic nitrogens is 2. The fourth-order valence-electron chi connectivity index (χ4n) is 2.82. The van der Waals surface area contributed by atoms with Gasteiger partial charge in [0.25, 0.3) is 0 Å². The Kier molecular flexibility index (Phi) is 3.96. The van der Waals surface area contributed by atoms with Crippen LogP contribution in [0.3, 0.4) is 0 Å². The molecule has 0 aliphatic heterocycles. The van der Waals surface area contributed by atoms with Crippen molar-refractivity contribution in [2.24, 2.45) is 23.4 Å². The van der Waals surface area contributed by atoms with Crippen molar-refractivity contribution in [3.05, 3.63) is 11.9 Å². The van der Waals surface area contributed by atoms with Crippen LogP contribution < -0.4 is 11.1 Å². The minimum Gasteiger partial charge on any atom is -0.409 e. The first-order valence-corrected chi connectivity index (χ1v) is 6.85. The second-order valence-electron chi connectivity index (χ2n) is 5.25. The molecule has 2 rings (SSSR count). The normalized spacial score (nSPS) is 18.2. The summed E-state index contributed by atoms with van der Waals surface area (Å²) < 4.78 is 1.67. The van der Waals surface area contributed by atoms with Crippen LogP contribution in [0.5, 0.6) is 0 Å². The van der Waals surface area contributed by atoms with Gasteiger partial charge >= 0.3 is 0 Å². The maximum atomic E-state index is 12.6. The number of nitrogens with one attached hydrogen (secondary N) is 1. The Balaban J connectivity index is 2.25. The third-order valence-corrected chi connectivity index (χ3v) is 3.98. The number of carbonyl (C=O) groups is 1. The quantitative estimate of drug-likeness (QED) is 0.333. The molecule has 110 valence electrons. The zero-order valence-electron chi connectivity index (χ0n) is 11.9. The van der Waals surface area contributed by atoms with Crippen molar-refractivity contribution >= 4 is 17.4 Å². The number of amidine groups is 1. The van der Waals surface area contributed by atoms with Gasteiger partial charge < -0.3 is 16.3 Å². The number of oxime groups is 1. The average molecular weight is 279 g/mol. The number of rotatable bonds is 4. The van der Waals surface area contributed by atoms with Gasteiger partial charge in [-0.2, -0.15) is 5.10 Å². The summed E-state index contributed by atoms with van der Waals surface area (Å²) in [5.41, 5.74) is 6.39. The molecule has 0 radical (unpaired) electrons. The first-order valence-electron chi connectivity index (χ1n) is 6.85. The van der Waals surface area contributed by atoms with Crippen molar-refractivity contribution < 1.29 is 10.0 Å². The van der Waals surface area contributed by atoms with Crippen LogP contribution in [0.2, 0.25) is 0 Å². The number of anilines is 1. The van der Waals surface area contributed by atoms with Crippen LogP contribution >= 0.6 is 0 Å². The molecule has 0 aromatic carbocycles. The molecule has 7 nitrogen and oxygen atoms in total. The fraction of sp³-hybridized carbons (Fsp3) is 0.615. The van der Waals surface area contributed by atoms with E-state index in [0.717, 1.165) is 25.0 Å². The van der Waals surface area contributed by atoms with E-state index in [1.807, 2.05) is 14.0 Å². The first-order chi connectivity index (χ1) is 9.53. The van der Waals surface area contributed by atoms with Gasteiger partial charge in [-0.25, -0.2) is 0 Å². The van der Waals surface area contributed by atoms with E-state index in [0.29, 0.717) is 18.5 Å². The molecule has 4 N–H and O–H groups in total. The zero-order chi connectivity index (χ0) is 14.8. The van der Waals surface area contributed by atoms with Crippen LogP contribution in [-0.4, -0.2) is 26.7 Å². The molecule has 1 fully saturated rings. The van der Waals surface area contributed by atoms with E-state index < -0.39 is 5.41 Å². The van der Waals surface area contributed by atoms with E-state index >= 15 is 0 Å². The smallest absolute Gasteiger partial charge is 0.238 e. The highest BCUT2D eigenvalue weighted by molar-refractivity contribution is 6.12. The Bertz CT molecular complexity index is 529. The van der Waals surface area contributed by atoms with Crippen LogP contribution in [-0.2, 0) is 18.3 Å². The van der Waals surface area contributed by atoms with Gasteiger partial charge in [-0.15, -0.1) is 0 Å². The average Bonchev–Trinajstić information content (AvgIpc) is 3.05. The van der Waals surface area contributed by atoms with E-state index in [1.165, 1.54) is 0 Å². The molecule has 1 saturated carbocycles. The third-order valence-electron chi connectivity index (χ3n) is 3.98. The van der Waals surface area contributed by atoms with E-state index in [2.05, 4.69) is 15.6 Å². The van der Waals surface area contributed by atoms with E-state index in [1.54, 1.807) is 10.9 Å². The molecule has 1 heterocycles. The Labute approximate surface area is 117 Å². The molecule has 0 saturated heterocycles. The maximum absolute atomic E-state index is 12.6. The number of carbonyl (C=O) groups excluding carboxylic acids is 1. The Morgan fingerprint density at radius 3 is 2.80 bits per heavy atom. The summed E-state index contributed by atoms with van der Waals surface area (Å²) in [4.78, 5) is 12.6. The molecule has 0 spiro atoms. The molecule has 7 heteroatoms. The van der Waals surface area contributed by atoms with Crippen LogP contribution in [0.15, 0.2) is 11.4 Å². The van der Waals surface area contributed by atoms with Crippen molar-refractivity contribution in [1.82, 2.24) is 9.78 Å². The summed E-state index contributed by atoms with van der Waals surface area (Å²) in [6.45, 7) is 1.98. The van der Waals surface area contributed by atoms with E-state index in [4.69, 9.17) is 10.9 Å². The lowest BCUT2D eigenvalue weighted by atomic mass is 9.83. The lowest BCUT2D eigenvalue weighted by molar-refractivity contribution is -0.122. The van der Waals surface area contributed by atoms with Crippen molar-refractivity contribution in [3.8, 4) is 0 Å². The highest BCUT2D eigenvalue weighted by atomic mass is 16.4. The molecule has 0 atom stereocenters. The lowest BCUT2D eigenvalue weighted by Crippen LogP contribution is -2.45. The largest absolute Gasteiger partial charge is 0.409 e. The second kappa shape index (κ2) is 5.52. The second-order valence-corrected chi connectivity index (χ2v) is 5.25. The highest BCUT2D eigenvalue weighted by Gasteiger charge is 2.45. The zero-order valence-corrected chi connectivity index (χ0v) is 11.9. The van der Waals surface area contributed by atoms with Gasteiger partial charge in [0.2, 0.25) is 5.91 Å². The van der Waals surface area contributed by atoms with E-state index in [-0.39, 0.29) is 11.7 Å². The summed E-state index contributed by atoms with van der Waals surface area (Å²) in [6, 6.07) is 0. The van der Waals surface area contributed by atoms with Crippen molar-refractivity contribution in [2.45, 2.75) is 39.0 Å². The minimum atomic E-state index is -0.893. The topological polar surface area (TPSA) is 106 Å². The van der Waals surface area contributed by atoms with Crippen molar-refractivity contribution in [1.29, 1.82) is 0 Å². The summed E-state index contributed by atoms with van der Waals surface area (Å²) in [5, 5.41) is 19.2. The van der Waals surface area contributed by atoms with Gasteiger partial charge in [-0.05, 0) is 19.3 Å². The summed E-state index contributed by atoms with van der Waals surface area (Å²) in [6.07, 6.45) is 5.51. The Morgan fingerprint density at radius 1 is 1.60 bits per heavy atom. The first kappa shape index (κ1) is 14.4. The monoisotopic (exact) mass is 279 g/mol. The van der Waals surface area contributed by atoms with Gasteiger partial charge in [-0.3, -0.25) is 9.48 Å². The van der Waals surface area contributed by atoms with Gasteiger partial charge in [0.05, 0.1) is 11.4 Å². The summed E-state index contributed by atoms with van der Waals surface area (Å²) in [7, 11) is 1.81. The highest BCUT2D eigenvalue weighted by Crippen LogP contribution is 2.39. The lowest BCUT2D eigenvalue weighted by Gasteiger charge is -2.25. The number of nitrogens with zero attached hydrogens (tertiary/aromatic N) is 3. The van der Waals surface area contributed by atoms with Gasteiger partial charge in [0, 0.05) is 13.2 Å². The molecule has 1 aliphatic rings. The summed E-state index contributed by atoms with van der Waals surface area (Å²) in [5.74, 6) is -0.220. The van der Waals surface area contributed by atoms with Crippen LogP contribution in [0, 0.1) is 5.41 Å². The number of hydrogen-bond acceptors (Lipinski definition) is 4. The fourth-order valence-corrected chi connectivity index (χ4v) is 2.82. The molecule has 0 bridgehead atoms. The predicted molar refractivity (Wildman–Crippen MR) is 75.5 cm³/mol.